The number of nitrogens with zero attached hydrogens (tertiary/aromatic N) is 1. The van der Waals surface area contributed by atoms with Gasteiger partial charge in [-0.2, -0.15) is 0 Å². The Labute approximate surface area is 145 Å². The van der Waals surface area contributed by atoms with Gasteiger partial charge in [-0.3, -0.25) is 4.79 Å². The fourth-order valence-corrected chi connectivity index (χ4v) is 2.08. The highest BCUT2D eigenvalue weighted by atomic mass is 16.5. The maximum atomic E-state index is 12.3. The average Bonchev–Trinajstić information content (AvgIpc) is 2.59. The Bertz CT molecular complexity index is 660. The number of rotatable bonds is 7. The van der Waals surface area contributed by atoms with Crippen LogP contribution in [0.25, 0.3) is 0 Å². The second kappa shape index (κ2) is 8.76. The lowest BCUT2D eigenvalue weighted by Crippen LogP contribution is -2.36. The summed E-state index contributed by atoms with van der Waals surface area (Å²) in [5.41, 5.74) is 0.360. The fraction of sp³-hybridized carbons (Fsp3) is 0.438. The van der Waals surface area contributed by atoms with Crippen molar-refractivity contribution in [2.45, 2.75) is 6.92 Å². The number of carbonyl (C=O) groups excluding carboxylic acids is 2. The minimum atomic E-state index is -1.01. The molecule has 2 N–H and O–H groups in total. The predicted molar refractivity (Wildman–Crippen MR) is 89.3 cm³/mol. The Morgan fingerprint density at radius 2 is 1.84 bits per heavy atom. The minimum absolute atomic E-state index is 0.0112. The van der Waals surface area contributed by atoms with Gasteiger partial charge in [0.1, 0.15) is 0 Å². The van der Waals surface area contributed by atoms with Crippen molar-refractivity contribution in [1.29, 1.82) is 0 Å². The van der Waals surface area contributed by atoms with Gasteiger partial charge >= 0.3 is 18.0 Å². The van der Waals surface area contributed by atoms with E-state index >= 15 is 0 Å². The van der Waals surface area contributed by atoms with Crippen molar-refractivity contribution in [2.75, 3.05) is 40.2 Å². The summed E-state index contributed by atoms with van der Waals surface area (Å²) in [4.78, 5) is 36.2. The summed E-state index contributed by atoms with van der Waals surface area (Å²) < 4.78 is 15.1. The number of carboxylic acid groups (broad SMARTS) is 1. The molecule has 0 saturated heterocycles. The summed E-state index contributed by atoms with van der Waals surface area (Å²) in [6, 6.07) is 2.26. The number of amides is 2. The van der Waals surface area contributed by atoms with E-state index in [-0.39, 0.29) is 29.3 Å². The van der Waals surface area contributed by atoms with Gasteiger partial charge in [0.05, 0.1) is 38.5 Å². The van der Waals surface area contributed by atoms with Gasteiger partial charge in [0.2, 0.25) is 0 Å². The van der Waals surface area contributed by atoms with Crippen LogP contribution in [0.3, 0.4) is 0 Å². The molecule has 0 aliphatic heterocycles. The van der Waals surface area contributed by atoms with Crippen molar-refractivity contribution >= 4 is 23.7 Å². The molecule has 1 aromatic rings. The van der Waals surface area contributed by atoms with E-state index < -0.39 is 23.9 Å². The maximum Gasteiger partial charge on any atom is 0.338 e. The second-order valence-corrected chi connectivity index (χ2v) is 5.30. The van der Waals surface area contributed by atoms with Crippen LogP contribution in [0.5, 0.6) is 11.5 Å². The van der Waals surface area contributed by atoms with Crippen molar-refractivity contribution < 1.29 is 33.7 Å². The van der Waals surface area contributed by atoms with Gasteiger partial charge in [0, 0.05) is 13.6 Å². The Hall–Kier alpha value is -2.97. The number of hydrogen-bond donors (Lipinski definition) is 2. The fourth-order valence-electron chi connectivity index (χ4n) is 2.08. The lowest BCUT2D eigenvalue weighted by Gasteiger charge is -2.21. The van der Waals surface area contributed by atoms with Crippen molar-refractivity contribution in [2.24, 2.45) is 5.92 Å². The topological polar surface area (TPSA) is 114 Å². The Kier molecular flexibility index (Phi) is 7.04. The van der Waals surface area contributed by atoms with Crippen LogP contribution >= 0.6 is 0 Å². The Balaban J connectivity index is 3.11. The molecular formula is C16H22N2O7. The van der Waals surface area contributed by atoms with Gasteiger partial charge in [0.15, 0.2) is 11.5 Å². The first kappa shape index (κ1) is 20.1. The number of carbonyl (C=O) groups is 3. The molecule has 0 heterocycles. The highest BCUT2D eigenvalue weighted by Crippen LogP contribution is 2.37. The molecule has 0 spiro atoms. The van der Waals surface area contributed by atoms with Crippen molar-refractivity contribution in [1.82, 2.24) is 4.90 Å². The van der Waals surface area contributed by atoms with E-state index in [1.54, 1.807) is 0 Å². The highest BCUT2D eigenvalue weighted by Gasteiger charge is 2.21. The molecular weight excluding hydrogens is 332 g/mol. The van der Waals surface area contributed by atoms with Crippen molar-refractivity contribution in [3.8, 4) is 11.5 Å². The Morgan fingerprint density at radius 3 is 2.32 bits per heavy atom. The molecule has 1 rings (SSSR count). The zero-order valence-corrected chi connectivity index (χ0v) is 14.8. The molecule has 0 aliphatic carbocycles. The number of urea groups is 1. The second-order valence-electron chi connectivity index (χ2n) is 5.30. The van der Waals surface area contributed by atoms with Gasteiger partial charge in [-0.1, -0.05) is 6.92 Å². The van der Waals surface area contributed by atoms with E-state index in [1.165, 1.54) is 52.3 Å². The first-order chi connectivity index (χ1) is 11.7. The molecule has 0 radical (unpaired) electrons. The number of methoxy groups -OCH3 is 3. The van der Waals surface area contributed by atoms with Crippen LogP contribution in [0.2, 0.25) is 0 Å². The van der Waals surface area contributed by atoms with E-state index in [4.69, 9.17) is 14.6 Å². The standard InChI is InChI=1S/C16H22N2O7/c1-9(14(19)20)8-18(2)16(22)17-11-6-10(15(21)25-5)7-12(23-3)13(11)24-4/h6-7,9H,8H2,1-5H3,(H,17,22)(H,19,20). The molecule has 1 atom stereocenters. The molecule has 0 aliphatic rings. The van der Waals surface area contributed by atoms with Gasteiger partial charge in [-0.15, -0.1) is 0 Å². The first-order valence-corrected chi connectivity index (χ1v) is 7.34. The smallest absolute Gasteiger partial charge is 0.338 e. The molecule has 0 saturated carbocycles. The van der Waals surface area contributed by atoms with E-state index in [9.17, 15) is 14.4 Å². The number of anilines is 1. The van der Waals surface area contributed by atoms with E-state index in [2.05, 4.69) is 10.1 Å². The molecule has 9 heteroatoms. The summed E-state index contributed by atoms with van der Waals surface area (Å²) in [6.45, 7) is 1.50. The van der Waals surface area contributed by atoms with E-state index in [1.807, 2.05) is 0 Å². The van der Waals surface area contributed by atoms with Crippen LogP contribution in [-0.4, -0.2) is 62.9 Å². The van der Waals surface area contributed by atoms with E-state index in [0.717, 1.165) is 0 Å². The molecule has 25 heavy (non-hydrogen) atoms. The number of aliphatic carboxylic acids is 1. The Morgan fingerprint density at radius 1 is 1.20 bits per heavy atom. The normalized spacial score (nSPS) is 11.2. The summed E-state index contributed by atoms with van der Waals surface area (Å²) in [5.74, 6) is -1.88. The summed E-state index contributed by atoms with van der Waals surface area (Å²) >= 11 is 0. The van der Waals surface area contributed by atoms with Crippen molar-refractivity contribution in [3.05, 3.63) is 17.7 Å². The van der Waals surface area contributed by atoms with Crippen LogP contribution in [-0.2, 0) is 9.53 Å². The van der Waals surface area contributed by atoms with Crippen LogP contribution in [0.4, 0.5) is 10.5 Å². The molecule has 0 aromatic heterocycles. The summed E-state index contributed by atoms with van der Waals surface area (Å²) in [6.07, 6.45) is 0. The van der Waals surface area contributed by atoms with Crippen LogP contribution < -0.4 is 14.8 Å². The largest absolute Gasteiger partial charge is 0.493 e. The van der Waals surface area contributed by atoms with Crippen LogP contribution in [0.1, 0.15) is 17.3 Å². The lowest BCUT2D eigenvalue weighted by atomic mass is 10.1. The summed E-state index contributed by atoms with van der Waals surface area (Å²) in [7, 11) is 5.48. The van der Waals surface area contributed by atoms with Crippen LogP contribution in [0, 0.1) is 5.92 Å². The molecule has 0 fully saturated rings. The maximum absolute atomic E-state index is 12.3. The van der Waals surface area contributed by atoms with E-state index in [0.29, 0.717) is 0 Å². The van der Waals surface area contributed by atoms with Gasteiger partial charge < -0.3 is 29.5 Å². The molecule has 9 nitrogen and oxygen atoms in total. The van der Waals surface area contributed by atoms with Gasteiger partial charge in [-0.25, -0.2) is 9.59 Å². The minimum Gasteiger partial charge on any atom is -0.493 e. The number of benzene rings is 1. The lowest BCUT2D eigenvalue weighted by molar-refractivity contribution is -0.141. The molecule has 2 amide bonds. The molecule has 1 aromatic carbocycles. The SMILES string of the molecule is COC(=O)c1cc(NC(=O)N(C)CC(C)C(=O)O)c(OC)c(OC)c1. The number of carboxylic acids is 1. The third kappa shape index (κ3) is 5.00. The van der Waals surface area contributed by atoms with Gasteiger partial charge in [-0.05, 0) is 12.1 Å². The zero-order valence-electron chi connectivity index (χ0n) is 14.8. The predicted octanol–water partition coefficient (Wildman–Crippen LogP) is 1.67. The number of hydrogen-bond acceptors (Lipinski definition) is 6. The highest BCUT2D eigenvalue weighted by molar-refractivity contribution is 5.96. The monoisotopic (exact) mass is 354 g/mol. The third-order valence-electron chi connectivity index (χ3n) is 3.46. The number of nitrogens with one attached hydrogen (secondary N) is 1. The number of ether oxygens (including phenoxy) is 3. The first-order valence-electron chi connectivity index (χ1n) is 7.34. The average molecular weight is 354 g/mol. The van der Waals surface area contributed by atoms with Gasteiger partial charge in [0.25, 0.3) is 0 Å². The molecule has 1 unspecified atom stereocenters. The quantitative estimate of drug-likeness (QED) is 0.716. The third-order valence-corrected chi connectivity index (χ3v) is 3.46. The van der Waals surface area contributed by atoms with Crippen molar-refractivity contribution in [3.63, 3.8) is 0 Å². The van der Waals surface area contributed by atoms with Crippen LogP contribution in [0.15, 0.2) is 12.1 Å². The zero-order chi connectivity index (χ0) is 19.1. The molecule has 138 valence electrons. The summed E-state index contributed by atoms with van der Waals surface area (Å²) in [5, 5.41) is 11.5. The number of esters is 1. The molecule has 0 bridgehead atoms.